The third-order valence-electron chi connectivity index (χ3n) is 5.44. The highest BCUT2D eigenvalue weighted by Gasteiger charge is 2.36. The number of benzene rings is 1. The van der Waals surface area contributed by atoms with Gasteiger partial charge in [0, 0.05) is 43.6 Å². The molecule has 1 aromatic carbocycles. The maximum absolute atomic E-state index is 12.5. The van der Waals surface area contributed by atoms with Crippen LogP contribution in [0.4, 0.5) is 0 Å². The Balaban J connectivity index is 1.48. The highest BCUT2D eigenvalue weighted by Crippen LogP contribution is 2.29. The van der Waals surface area contributed by atoms with Crippen LogP contribution in [0, 0.1) is 0 Å². The fourth-order valence-electron chi connectivity index (χ4n) is 3.99. The van der Waals surface area contributed by atoms with E-state index < -0.39 is 0 Å². The molecule has 1 amide bonds. The highest BCUT2D eigenvalue weighted by molar-refractivity contribution is 5.98. The van der Waals surface area contributed by atoms with Crippen LogP contribution in [0.1, 0.15) is 55.8 Å². The monoisotopic (exact) mass is 344 g/mol. The predicted octanol–water partition coefficient (Wildman–Crippen LogP) is 2.79. The zero-order valence-electron chi connectivity index (χ0n) is 15.2. The fourth-order valence-corrected chi connectivity index (χ4v) is 3.99. The second-order valence-corrected chi connectivity index (χ2v) is 7.15. The molecule has 2 heterocycles. The van der Waals surface area contributed by atoms with Crippen molar-refractivity contribution in [2.24, 2.45) is 0 Å². The zero-order chi connectivity index (χ0) is 17.8. The smallest absolute Gasteiger partial charge is 0.223 e. The second-order valence-electron chi connectivity index (χ2n) is 7.15. The van der Waals surface area contributed by atoms with Gasteiger partial charge in [0.1, 0.15) is 5.75 Å². The van der Waals surface area contributed by atoms with Crippen LogP contribution in [0.3, 0.4) is 0 Å². The molecule has 2 aliphatic rings. The molecular formula is C20H28N2O3. The Morgan fingerprint density at radius 3 is 2.36 bits per heavy atom. The lowest BCUT2D eigenvalue weighted by Gasteiger charge is -2.35. The summed E-state index contributed by atoms with van der Waals surface area (Å²) in [7, 11) is 1.89. The lowest BCUT2D eigenvalue weighted by Crippen LogP contribution is -2.48. The number of carbonyl (C=O) groups is 2. The minimum absolute atomic E-state index is 0.00942. The van der Waals surface area contributed by atoms with E-state index in [0.29, 0.717) is 30.3 Å². The first-order chi connectivity index (χ1) is 12.1. The Labute approximate surface area is 149 Å². The molecule has 0 radical (unpaired) electrons. The molecule has 0 spiro atoms. The number of hydrogen-bond donors (Lipinski definition) is 1. The third-order valence-corrected chi connectivity index (χ3v) is 5.44. The Hall–Kier alpha value is -1.88. The number of piperidine rings is 1. The minimum atomic E-state index is 0.00942. The Morgan fingerprint density at radius 2 is 1.76 bits per heavy atom. The molecule has 2 bridgehead atoms. The van der Waals surface area contributed by atoms with Gasteiger partial charge in [-0.25, -0.2) is 0 Å². The lowest BCUT2D eigenvalue weighted by atomic mass is 9.98. The largest absolute Gasteiger partial charge is 0.494 e. The Morgan fingerprint density at radius 1 is 1.12 bits per heavy atom. The molecule has 2 saturated heterocycles. The molecule has 3 rings (SSSR count). The molecule has 2 unspecified atom stereocenters. The van der Waals surface area contributed by atoms with Crippen molar-refractivity contribution in [1.82, 2.24) is 10.2 Å². The number of rotatable bonds is 7. The van der Waals surface area contributed by atoms with Gasteiger partial charge in [0.2, 0.25) is 5.91 Å². The first-order valence-corrected chi connectivity index (χ1v) is 9.34. The summed E-state index contributed by atoms with van der Waals surface area (Å²) in [6.45, 7) is 2.53. The summed E-state index contributed by atoms with van der Waals surface area (Å²) in [6, 6.07) is 8.57. The van der Waals surface area contributed by atoms with Crippen LogP contribution in [0.5, 0.6) is 5.75 Å². The van der Waals surface area contributed by atoms with E-state index in [4.69, 9.17) is 4.74 Å². The number of Topliss-reactive ketones (excluding diaryl/α,β-unsaturated/α-hetero) is 1. The predicted molar refractivity (Wildman–Crippen MR) is 96.9 cm³/mol. The highest BCUT2D eigenvalue weighted by atomic mass is 16.5. The summed E-state index contributed by atoms with van der Waals surface area (Å²) in [5, 5.41) is 3.60. The lowest BCUT2D eigenvalue weighted by molar-refractivity contribution is -0.132. The molecule has 25 heavy (non-hydrogen) atoms. The number of fused-ring (bicyclic) bond motifs is 2. The first kappa shape index (κ1) is 17.9. The van der Waals surface area contributed by atoms with E-state index in [1.807, 2.05) is 18.9 Å². The number of ketones is 1. The van der Waals surface area contributed by atoms with Crippen LogP contribution in [0.2, 0.25) is 0 Å². The molecule has 1 N–H and O–H groups in total. The van der Waals surface area contributed by atoms with Gasteiger partial charge >= 0.3 is 0 Å². The van der Waals surface area contributed by atoms with Crippen molar-refractivity contribution in [2.75, 3.05) is 13.7 Å². The summed E-state index contributed by atoms with van der Waals surface area (Å²) < 4.78 is 5.38. The summed E-state index contributed by atoms with van der Waals surface area (Å²) in [5.41, 5.74) is 0.638. The third kappa shape index (κ3) is 4.40. The van der Waals surface area contributed by atoms with Crippen molar-refractivity contribution in [2.45, 2.75) is 63.6 Å². The number of nitrogens with one attached hydrogen (secondary N) is 1. The van der Waals surface area contributed by atoms with E-state index in [1.54, 1.807) is 24.3 Å². The van der Waals surface area contributed by atoms with Gasteiger partial charge in [-0.1, -0.05) is 0 Å². The van der Waals surface area contributed by atoms with E-state index in [0.717, 1.165) is 18.6 Å². The second kappa shape index (κ2) is 8.00. The van der Waals surface area contributed by atoms with Crippen LogP contribution in [-0.2, 0) is 4.79 Å². The average Bonchev–Trinajstić information content (AvgIpc) is 2.97. The van der Waals surface area contributed by atoms with Gasteiger partial charge in [-0.2, -0.15) is 0 Å². The molecule has 0 saturated carbocycles. The summed E-state index contributed by atoms with van der Waals surface area (Å²) in [6.07, 6.45) is 5.05. The zero-order valence-corrected chi connectivity index (χ0v) is 15.2. The van der Waals surface area contributed by atoms with Crippen LogP contribution >= 0.6 is 0 Å². The van der Waals surface area contributed by atoms with Crippen molar-refractivity contribution in [1.29, 1.82) is 0 Å². The number of amides is 1. The van der Waals surface area contributed by atoms with Gasteiger partial charge in [-0.15, -0.1) is 0 Å². The SMILES string of the molecule is CCOc1ccc(C(=O)CCC(=O)N(C)C2CC3CCC(C2)N3)cc1. The van der Waals surface area contributed by atoms with Crippen molar-refractivity contribution in [3.63, 3.8) is 0 Å². The summed E-state index contributed by atoms with van der Waals surface area (Å²) in [5.74, 6) is 0.844. The molecule has 5 nitrogen and oxygen atoms in total. The molecule has 136 valence electrons. The number of ether oxygens (including phenoxy) is 1. The number of carbonyl (C=O) groups excluding carboxylic acids is 2. The number of nitrogens with zero attached hydrogens (tertiary/aromatic N) is 1. The van der Waals surface area contributed by atoms with Crippen LogP contribution in [0.25, 0.3) is 0 Å². The molecule has 2 aliphatic heterocycles. The van der Waals surface area contributed by atoms with Gasteiger partial charge in [-0.05, 0) is 56.9 Å². The van der Waals surface area contributed by atoms with Gasteiger partial charge in [-0.3, -0.25) is 9.59 Å². The maximum atomic E-state index is 12.5. The molecular weight excluding hydrogens is 316 g/mol. The van der Waals surface area contributed by atoms with E-state index >= 15 is 0 Å². The molecule has 2 atom stereocenters. The summed E-state index contributed by atoms with van der Waals surface area (Å²) >= 11 is 0. The quantitative estimate of drug-likeness (QED) is 0.773. The Kier molecular flexibility index (Phi) is 5.74. The normalized spacial score (nSPS) is 24.8. The average molecular weight is 344 g/mol. The van der Waals surface area contributed by atoms with Crippen LogP contribution in [-0.4, -0.2) is 48.4 Å². The minimum Gasteiger partial charge on any atom is -0.494 e. The molecule has 2 fully saturated rings. The molecule has 5 heteroatoms. The molecule has 0 aromatic heterocycles. The van der Waals surface area contributed by atoms with E-state index in [1.165, 1.54) is 12.8 Å². The summed E-state index contributed by atoms with van der Waals surface area (Å²) in [4.78, 5) is 26.7. The molecule has 1 aromatic rings. The van der Waals surface area contributed by atoms with Crippen molar-refractivity contribution in [3.05, 3.63) is 29.8 Å². The molecule has 0 aliphatic carbocycles. The Bertz CT molecular complexity index is 602. The van der Waals surface area contributed by atoms with Gasteiger partial charge in [0.25, 0.3) is 0 Å². The van der Waals surface area contributed by atoms with Gasteiger partial charge < -0.3 is 15.0 Å². The van der Waals surface area contributed by atoms with Crippen molar-refractivity contribution in [3.8, 4) is 5.75 Å². The topological polar surface area (TPSA) is 58.6 Å². The van der Waals surface area contributed by atoms with Crippen molar-refractivity contribution >= 4 is 11.7 Å². The first-order valence-electron chi connectivity index (χ1n) is 9.34. The van der Waals surface area contributed by atoms with E-state index in [9.17, 15) is 9.59 Å². The van der Waals surface area contributed by atoms with E-state index in [2.05, 4.69) is 5.32 Å². The standard InChI is InChI=1S/C20H28N2O3/c1-3-25-18-8-4-14(5-9-18)19(23)10-11-20(24)22(2)17-12-15-6-7-16(13-17)21-15/h4-5,8-9,15-17,21H,3,6-7,10-13H2,1-2H3. The van der Waals surface area contributed by atoms with Gasteiger partial charge in [0.05, 0.1) is 6.61 Å². The van der Waals surface area contributed by atoms with Crippen LogP contribution in [0.15, 0.2) is 24.3 Å². The van der Waals surface area contributed by atoms with Gasteiger partial charge in [0.15, 0.2) is 5.78 Å². The number of hydrogen-bond acceptors (Lipinski definition) is 4. The van der Waals surface area contributed by atoms with Crippen molar-refractivity contribution < 1.29 is 14.3 Å². The fraction of sp³-hybridized carbons (Fsp3) is 0.600. The maximum Gasteiger partial charge on any atom is 0.223 e. The van der Waals surface area contributed by atoms with E-state index in [-0.39, 0.29) is 24.5 Å². The van der Waals surface area contributed by atoms with Crippen LogP contribution < -0.4 is 10.1 Å².